The Bertz CT molecular complexity index is 478. The molecule has 90 valence electrons. The number of amides is 1. The van der Waals surface area contributed by atoms with Gasteiger partial charge in [-0.1, -0.05) is 0 Å². The molecule has 1 heterocycles. The van der Waals surface area contributed by atoms with E-state index >= 15 is 0 Å². The van der Waals surface area contributed by atoms with Gasteiger partial charge in [-0.25, -0.2) is 5.43 Å². The Kier molecular flexibility index (Phi) is 2.74. The van der Waals surface area contributed by atoms with Crippen molar-refractivity contribution in [1.29, 1.82) is 0 Å². The summed E-state index contributed by atoms with van der Waals surface area (Å²) >= 11 is 1.59. The molecule has 1 N–H and O–H groups in total. The van der Waals surface area contributed by atoms with E-state index in [-0.39, 0.29) is 5.91 Å². The summed E-state index contributed by atoms with van der Waals surface area (Å²) in [7, 11) is 0. The monoisotopic (exact) mass is 248 g/mol. The van der Waals surface area contributed by atoms with E-state index in [1.807, 2.05) is 18.4 Å². The van der Waals surface area contributed by atoms with Crippen LogP contribution in [0, 0.1) is 18.8 Å². The Morgan fingerprint density at radius 1 is 1.53 bits per heavy atom. The summed E-state index contributed by atoms with van der Waals surface area (Å²) in [5.41, 5.74) is 4.63. The summed E-state index contributed by atoms with van der Waals surface area (Å²) < 4.78 is 0. The zero-order valence-corrected chi connectivity index (χ0v) is 10.7. The van der Waals surface area contributed by atoms with E-state index in [9.17, 15) is 4.79 Å². The normalized spacial score (nSPS) is 28.9. The predicted molar refractivity (Wildman–Crippen MR) is 69.4 cm³/mol. The molecule has 0 saturated heterocycles. The number of hydrogen-bond acceptors (Lipinski definition) is 3. The molecule has 4 heteroatoms. The highest BCUT2D eigenvalue weighted by molar-refractivity contribution is 7.10. The van der Waals surface area contributed by atoms with Crippen LogP contribution in [0.1, 0.15) is 40.9 Å². The smallest absolute Gasteiger partial charge is 0.267 e. The van der Waals surface area contributed by atoms with Crippen molar-refractivity contribution in [3.05, 3.63) is 21.9 Å². The van der Waals surface area contributed by atoms with Gasteiger partial charge in [0.25, 0.3) is 5.91 Å². The summed E-state index contributed by atoms with van der Waals surface area (Å²) in [5.74, 6) is 1.40. The summed E-state index contributed by atoms with van der Waals surface area (Å²) in [6.07, 6.45) is 4.98. The minimum absolute atomic E-state index is 0.0791. The maximum absolute atomic E-state index is 11.8. The topological polar surface area (TPSA) is 41.5 Å². The second-order valence-electron chi connectivity index (χ2n) is 5.07. The number of nitrogens with zero attached hydrogens (tertiary/aromatic N) is 1. The number of hydrazone groups is 1. The Balaban J connectivity index is 1.64. The molecule has 2 bridgehead atoms. The molecule has 2 aliphatic rings. The standard InChI is InChI=1S/C13H16N2OS/c1-8-4-11(7-17-8)13(16)15-14-12-6-9-2-3-10(12)5-9/h4,7,9-10H,2-3,5-6H2,1H3,(H,15,16)/b14-12+/t9-,10+/m0/s1. The quantitative estimate of drug-likeness (QED) is 0.803. The van der Waals surface area contributed by atoms with Crippen molar-refractivity contribution in [3.8, 4) is 0 Å². The van der Waals surface area contributed by atoms with Crippen molar-refractivity contribution < 1.29 is 4.79 Å². The van der Waals surface area contributed by atoms with Crippen LogP contribution in [0.3, 0.4) is 0 Å². The minimum Gasteiger partial charge on any atom is -0.267 e. The van der Waals surface area contributed by atoms with Gasteiger partial charge in [-0.15, -0.1) is 11.3 Å². The lowest BCUT2D eigenvalue weighted by atomic mass is 9.99. The minimum atomic E-state index is -0.0791. The van der Waals surface area contributed by atoms with Crippen LogP contribution in [0.5, 0.6) is 0 Å². The molecule has 0 unspecified atom stereocenters. The molecule has 0 spiro atoms. The third-order valence-electron chi connectivity index (χ3n) is 3.80. The van der Waals surface area contributed by atoms with E-state index in [4.69, 9.17) is 0 Å². The molecule has 1 amide bonds. The van der Waals surface area contributed by atoms with Crippen LogP contribution in [0.15, 0.2) is 16.5 Å². The molecule has 3 nitrogen and oxygen atoms in total. The van der Waals surface area contributed by atoms with Gasteiger partial charge in [-0.2, -0.15) is 5.10 Å². The van der Waals surface area contributed by atoms with Gasteiger partial charge in [-0.05, 0) is 50.5 Å². The number of carbonyl (C=O) groups is 1. The van der Waals surface area contributed by atoms with E-state index in [0.717, 1.165) is 22.8 Å². The summed E-state index contributed by atoms with van der Waals surface area (Å²) in [4.78, 5) is 13.0. The van der Waals surface area contributed by atoms with Gasteiger partial charge in [0.05, 0.1) is 5.56 Å². The molecule has 2 aliphatic carbocycles. The Morgan fingerprint density at radius 3 is 3.00 bits per heavy atom. The second kappa shape index (κ2) is 4.26. The van der Waals surface area contributed by atoms with E-state index in [0.29, 0.717) is 5.92 Å². The molecule has 1 aromatic rings. The van der Waals surface area contributed by atoms with Gasteiger partial charge in [0.15, 0.2) is 0 Å². The maximum atomic E-state index is 11.8. The number of fused-ring (bicyclic) bond motifs is 2. The Hall–Kier alpha value is -1.16. The third kappa shape index (κ3) is 2.14. The van der Waals surface area contributed by atoms with Gasteiger partial charge < -0.3 is 0 Å². The molecule has 3 rings (SSSR count). The Labute approximate surface area is 105 Å². The first-order valence-electron chi connectivity index (χ1n) is 6.14. The van der Waals surface area contributed by atoms with Crippen LogP contribution in [0.25, 0.3) is 0 Å². The van der Waals surface area contributed by atoms with Crippen molar-refractivity contribution in [2.45, 2.75) is 32.6 Å². The highest BCUT2D eigenvalue weighted by Crippen LogP contribution is 2.42. The fourth-order valence-electron chi connectivity index (χ4n) is 2.91. The largest absolute Gasteiger partial charge is 0.272 e. The second-order valence-corrected chi connectivity index (χ2v) is 6.19. The third-order valence-corrected chi connectivity index (χ3v) is 4.67. The lowest BCUT2D eigenvalue weighted by Crippen LogP contribution is -2.21. The average Bonchev–Trinajstić information content (AvgIpc) is 3.01. The van der Waals surface area contributed by atoms with E-state index < -0.39 is 0 Å². The Morgan fingerprint density at radius 2 is 2.41 bits per heavy atom. The number of aryl methyl sites for hydroxylation is 1. The number of hydrogen-bond donors (Lipinski definition) is 1. The fourth-order valence-corrected chi connectivity index (χ4v) is 3.59. The first kappa shape index (κ1) is 11.0. The van der Waals surface area contributed by atoms with Crippen molar-refractivity contribution in [1.82, 2.24) is 5.43 Å². The summed E-state index contributed by atoms with van der Waals surface area (Å²) in [6, 6.07) is 1.90. The van der Waals surface area contributed by atoms with E-state index in [1.54, 1.807) is 11.3 Å². The van der Waals surface area contributed by atoms with Gasteiger partial charge in [0, 0.05) is 16.0 Å². The fraction of sp³-hybridized carbons (Fsp3) is 0.538. The van der Waals surface area contributed by atoms with E-state index in [1.165, 1.54) is 25.0 Å². The van der Waals surface area contributed by atoms with Crippen LogP contribution in [-0.2, 0) is 0 Å². The molecule has 0 radical (unpaired) electrons. The van der Waals surface area contributed by atoms with Crippen LogP contribution in [-0.4, -0.2) is 11.6 Å². The molecule has 1 aromatic heterocycles. The molecular weight excluding hydrogens is 232 g/mol. The van der Waals surface area contributed by atoms with Crippen LogP contribution in [0.2, 0.25) is 0 Å². The number of nitrogens with one attached hydrogen (secondary N) is 1. The predicted octanol–water partition coefficient (Wildman–Crippen LogP) is 2.96. The van der Waals surface area contributed by atoms with E-state index in [2.05, 4.69) is 10.5 Å². The number of carbonyl (C=O) groups excluding carboxylic acids is 1. The molecule has 17 heavy (non-hydrogen) atoms. The lowest BCUT2D eigenvalue weighted by molar-refractivity contribution is 0.0955. The molecular formula is C13H16N2OS. The molecule has 2 atom stereocenters. The van der Waals surface area contributed by atoms with Gasteiger partial charge in [0.1, 0.15) is 0 Å². The van der Waals surface area contributed by atoms with Crippen molar-refractivity contribution in [3.63, 3.8) is 0 Å². The maximum Gasteiger partial charge on any atom is 0.272 e. The molecule has 2 saturated carbocycles. The summed E-state index contributed by atoms with van der Waals surface area (Å²) in [5, 5.41) is 6.19. The highest BCUT2D eigenvalue weighted by atomic mass is 32.1. The number of rotatable bonds is 2. The van der Waals surface area contributed by atoms with Crippen molar-refractivity contribution >= 4 is 23.0 Å². The van der Waals surface area contributed by atoms with Crippen molar-refractivity contribution in [2.75, 3.05) is 0 Å². The van der Waals surface area contributed by atoms with Crippen molar-refractivity contribution in [2.24, 2.45) is 16.9 Å². The van der Waals surface area contributed by atoms with Crippen LogP contribution < -0.4 is 5.43 Å². The highest BCUT2D eigenvalue weighted by Gasteiger charge is 2.36. The lowest BCUT2D eigenvalue weighted by Gasteiger charge is -2.11. The first-order chi connectivity index (χ1) is 8.22. The zero-order valence-electron chi connectivity index (χ0n) is 9.90. The van der Waals surface area contributed by atoms with Gasteiger partial charge in [-0.3, -0.25) is 4.79 Å². The van der Waals surface area contributed by atoms with Crippen LogP contribution >= 0.6 is 11.3 Å². The summed E-state index contributed by atoms with van der Waals surface area (Å²) in [6.45, 7) is 2.00. The first-order valence-corrected chi connectivity index (χ1v) is 7.02. The average molecular weight is 248 g/mol. The van der Waals surface area contributed by atoms with Gasteiger partial charge >= 0.3 is 0 Å². The van der Waals surface area contributed by atoms with Crippen LogP contribution in [0.4, 0.5) is 0 Å². The SMILES string of the molecule is Cc1cc(C(=O)N/N=C2\C[C@H]3CC[C@@H]2C3)cs1. The van der Waals surface area contributed by atoms with Gasteiger partial charge in [0.2, 0.25) is 0 Å². The molecule has 0 aliphatic heterocycles. The number of thiophene rings is 1. The zero-order chi connectivity index (χ0) is 11.8. The molecule has 0 aromatic carbocycles. The molecule has 2 fully saturated rings.